The molecule has 0 aromatic rings. The molecule has 0 saturated carbocycles. The molecule has 0 fully saturated rings. The van der Waals surface area contributed by atoms with Crippen molar-refractivity contribution >= 4 is 39.5 Å². The summed E-state index contributed by atoms with van der Waals surface area (Å²) in [5.41, 5.74) is 0. The molecule has 0 aromatic carbocycles. The van der Waals surface area contributed by atoms with Crippen molar-refractivity contribution in [2.24, 2.45) is 0 Å². The number of rotatable bonds is 71. The lowest BCUT2D eigenvalue weighted by atomic mass is 10.1. The number of hydrogen-bond acceptors (Lipinski definition) is 15. The summed E-state index contributed by atoms with van der Waals surface area (Å²) >= 11 is 0. The van der Waals surface area contributed by atoms with Crippen molar-refractivity contribution in [3.63, 3.8) is 0 Å². The van der Waals surface area contributed by atoms with Crippen molar-refractivity contribution in [3.05, 3.63) is 158 Å². The lowest BCUT2D eigenvalue weighted by molar-refractivity contribution is -0.161. The Bertz CT molecular complexity index is 2550. The van der Waals surface area contributed by atoms with E-state index < -0.39 is 97.5 Å². The Morgan fingerprint density at radius 1 is 0.284 bits per heavy atom. The number of phosphoric acid groups is 2. The first-order valence-electron chi connectivity index (χ1n) is 38.7. The predicted octanol–water partition coefficient (Wildman–Crippen LogP) is 22.4. The molecule has 0 amide bonds. The van der Waals surface area contributed by atoms with Crippen LogP contribution in [0.5, 0.6) is 0 Å². The first kappa shape index (κ1) is 96.7. The number of carbonyl (C=O) groups excluding carboxylic acids is 4. The minimum Gasteiger partial charge on any atom is -0.462 e. The van der Waals surface area contributed by atoms with Gasteiger partial charge in [-0.1, -0.05) is 256 Å². The van der Waals surface area contributed by atoms with Gasteiger partial charge in [0.25, 0.3) is 0 Å². The monoisotopic (exact) mass is 1470 g/mol. The predicted molar refractivity (Wildman–Crippen MR) is 417 cm³/mol. The highest BCUT2D eigenvalue weighted by Gasteiger charge is 2.30. The second-order valence-corrected chi connectivity index (χ2v) is 28.1. The Morgan fingerprint density at radius 3 is 0.843 bits per heavy atom. The first-order chi connectivity index (χ1) is 49.7. The minimum atomic E-state index is -5.00. The van der Waals surface area contributed by atoms with Crippen LogP contribution in [-0.4, -0.2) is 96.7 Å². The third-order valence-corrected chi connectivity index (χ3v) is 17.4. The zero-order valence-electron chi connectivity index (χ0n) is 63.2. The van der Waals surface area contributed by atoms with Crippen LogP contribution in [0.4, 0.5) is 0 Å². The summed E-state index contributed by atoms with van der Waals surface area (Å²) in [6.07, 6.45) is 85.3. The van der Waals surface area contributed by atoms with Gasteiger partial charge in [-0.05, 0) is 161 Å². The molecule has 0 radical (unpaired) electrons. The van der Waals surface area contributed by atoms with E-state index in [1.807, 2.05) is 24.3 Å². The summed E-state index contributed by atoms with van der Waals surface area (Å²) < 4.78 is 68.4. The number of ether oxygens (including phenoxy) is 4. The van der Waals surface area contributed by atoms with E-state index in [4.69, 9.17) is 37.0 Å². The number of unbranched alkanes of at least 4 members (excludes halogenated alkanes) is 19. The van der Waals surface area contributed by atoms with Gasteiger partial charge in [0.2, 0.25) is 0 Å². The SMILES string of the molecule is CC/C=C\C/C=C\C/C=C\C/C=C\C/C=C\CCCC(=O)OCC(COP(=O)(O)OCC(O)COP(=O)(O)OCC(COC(=O)CCC/C=C\C/C=C\C/C=C\C/C=C\C/C=C\CC)OC(=O)CCCCCCC/C=C\CCCCCC)OC(=O)CCCCCCC/C=C\C/C=C\CCCCC. The average Bonchev–Trinajstić information content (AvgIpc) is 0.939. The topological polar surface area (TPSA) is 237 Å². The number of phosphoric ester groups is 2. The van der Waals surface area contributed by atoms with E-state index in [0.717, 1.165) is 148 Å². The van der Waals surface area contributed by atoms with Crippen molar-refractivity contribution in [1.29, 1.82) is 0 Å². The summed E-state index contributed by atoms with van der Waals surface area (Å²) in [4.78, 5) is 72.9. The maximum Gasteiger partial charge on any atom is 0.472 e. The smallest absolute Gasteiger partial charge is 0.462 e. The van der Waals surface area contributed by atoms with Crippen LogP contribution in [0.25, 0.3) is 0 Å². The molecule has 102 heavy (non-hydrogen) atoms. The van der Waals surface area contributed by atoms with Crippen LogP contribution in [0.1, 0.15) is 285 Å². The van der Waals surface area contributed by atoms with E-state index in [9.17, 15) is 43.2 Å². The third kappa shape index (κ3) is 73.0. The normalized spacial score (nSPS) is 14.8. The van der Waals surface area contributed by atoms with Gasteiger partial charge < -0.3 is 33.8 Å². The van der Waals surface area contributed by atoms with Gasteiger partial charge in [-0.2, -0.15) is 0 Å². The molecule has 19 heteroatoms. The Morgan fingerprint density at radius 2 is 0.520 bits per heavy atom. The van der Waals surface area contributed by atoms with E-state index in [2.05, 4.69) is 161 Å². The van der Waals surface area contributed by atoms with Crippen LogP contribution < -0.4 is 0 Å². The van der Waals surface area contributed by atoms with Gasteiger partial charge in [-0.15, -0.1) is 0 Å². The van der Waals surface area contributed by atoms with Crippen molar-refractivity contribution in [2.45, 2.75) is 303 Å². The molecule has 0 bridgehead atoms. The van der Waals surface area contributed by atoms with Crippen LogP contribution in [-0.2, 0) is 65.4 Å². The molecule has 0 aliphatic rings. The summed E-state index contributed by atoms with van der Waals surface area (Å²) in [6, 6.07) is 0. The second kappa shape index (κ2) is 74.0. The standard InChI is InChI=1S/C83H136O17P2/c1-5-9-13-17-21-25-29-33-36-38-41-44-47-51-55-59-63-67-80(85)93-73-78(99-82(87)69-65-61-57-53-49-43-32-28-24-20-16-12-8-4)75-97-101(89,90)95-71-77(84)72-96-102(91,92)98-76-79(100-83(88)70-66-62-58-54-50-46-40-35-31-27-23-19-15-11-7-3)74-94-81(86)68-64-60-56-52-48-45-42-39-37-34-30-26-22-18-14-10-6-2/h9-10,13-14,21-23,25-28,32-37,40-42,44-45,51-52,55-56,77-79,84H,5-8,11-12,15-20,24,29-31,38-39,43,46-50,53-54,57-76H2,1-4H3,(H,89,90)(H,91,92)/b13-9-,14-10-,25-21-,26-22-,27-23-,32-28-,36-33-,37-34-,40-35-,44-41-,45-42-,55-51-,56-52-. The average molecular weight is 1470 g/mol. The van der Waals surface area contributed by atoms with Gasteiger partial charge in [-0.3, -0.25) is 37.3 Å². The minimum absolute atomic E-state index is 0.0604. The van der Waals surface area contributed by atoms with E-state index in [1.165, 1.54) is 44.9 Å². The Labute approximate surface area is 617 Å². The maximum absolute atomic E-state index is 13.1. The third-order valence-electron chi connectivity index (χ3n) is 15.5. The summed E-state index contributed by atoms with van der Waals surface area (Å²) in [6.45, 7) is 4.43. The molecule has 0 rings (SSSR count). The van der Waals surface area contributed by atoms with Crippen molar-refractivity contribution < 1.29 is 80.2 Å². The van der Waals surface area contributed by atoms with E-state index >= 15 is 0 Å². The molecule has 0 aliphatic carbocycles. The van der Waals surface area contributed by atoms with Crippen LogP contribution in [0, 0.1) is 0 Å². The highest BCUT2D eigenvalue weighted by Crippen LogP contribution is 2.45. The second-order valence-electron chi connectivity index (χ2n) is 25.2. The number of carbonyl (C=O) groups is 4. The number of hydrogen-bond donors (Lipinski definition) is 3. The van der Waals surface area contributed by atoms with E-state index in [-0.39, 0.29) is 25.7 Å². The lowest BCUT2D eigenvalue weighted by Gasteiger charge is -2.21. The van der Waals surface area contributed by atoms with Gasteiger partial charge in [0, 0.05) is 25.7 Å². The molecular weight excluding hydrogens is 1330 g/mol. The van der Waals surface area contributed by atoms with Crippen LogP contribution in [0.2, 0.25) is 0 Å². The van der Waals surface area contributed by atoms with E-state index in [1.54, 1.807) is 0 Å². The number of aliphatic hydroxyl groups is 1. The summed E-state index contributed by atoms with van der Waals surface area (Å²) in [7, 11) is -10.0. The highest BCUT2D eigenvalue weighted by molar-refractivity contribution is 7.47. The Balaban J connectivity index is 5.48. The molecule has 5 atom stereocenters. The molecule has 17 nitrogen and oxygen atoms in total. The van der Waals surface area contributed by atoms with Crippen molar-refractivity contribution in [3.8, 4) is 0 Å². The fourth-order valence-electron chi connectivity index (χ4n) is 9.61. The number of allylic oxidation sites excluding steroid dienone is 26. The van der Waals surface area contributed by atoms with Gasteiger partial charge in [0.1, 0.15) is 19.3 Å². The summed E-state index contributed by atoms with van der Waals surface area (Å²) in [5, 5.41) is 10.6. The van der Waals surface area contributed by atoms with Gasteiger partial charge in [0.05, 0.1) is 26.4 Å². The fraction of sp³-hybridized carbons (Fsp3) is 0.639. The van der Waals surface area contributed by atoms with Gasteiger partial charge in [0.15, 0.2) is 12.2 Å². The van der Waals surface area contributed by atoms with Crippen LogP contribution in [0.3, 0.4) is 0 Å². The molecule has 0 spiro atoms. The molecular formula is C83H136O17P2. The zero-order valence-corrected chi connectivity index (χ0v) is 65.0. The molecule has 0 heterocycles. The molecule has 0 aromatic heterocycles. The van der Waals surface area contributed by atoms with E-state index in [0.29, 0.717) is 38.5 Å². The number of esters is 4. The molecule has 3 N–H and O–H groups in total. The van der Waals surface area contributed by atoms with Crippen LogP contribution >= 0.6 is 15.6 Å². The quantitative estimate of drug-likeness (QED) is 0.0169. The zero-order chi connectivity index (χ0) is 74.6. The van der Waals surface area contributed by atoms with Crippen LogP contribution in [0.15, 0.2) is 158 Å². The largest absolute Gasteiger partial charge is 0.472 e. The fourth-order valence-corrected chi connectivity index (χ4v) is 11.2. The molecule has 580 valence electrons. The summed E-state index contributed by atoms with van der Waals surface area (Å²) in [5.74, 6) is -2.35. The highest BCUT2D eigenvalue weighted by atomic mass is 31.2. The van der Waals surface area contributed by atoms with Crippen molar-refractivity contribution in [2.75, 3.05) is 39.6 Å². The van der Waals surface area contributed by atoms with Gasteiger partial charge >= 0.3 is 39.5 Å². The van der Waals surface area contributed by atoms with Gasteiger partial charge in [-0.25, -0.2) is 9.13 Å². The molecule has 0 saturated heterocycles. The number of aliphatic hydroxyl groups excluding tert-OH is 1. The Hall–Kier alpha value is -5.32. The van der Waals surface area contributed by atoms with Crippen molar-refractivity contribution in [1.82, 2.24) is 0 Å². The molecule has 0 aliphatic heterocycles. The molecule has 5 unspecified atom stereocenters. The first-order valence-corrected chi connectivity index (χ1v) is 41.7. The Kier molecular flexibility index (Phi) is 70.1. The maximum atomic E-state index is 13.1. The lowest BCUT2D eigenvalue weighted by Crippen LogP contribution is -2.30.